The molecule has 3 N–H and O–H groups in total. The largest absolute Gasteiger partial charge is 0.384 e. The number of rotatable bonds is 5. The molecule has 0 aliphatic heterocycles. The predicted molar refractivity (Wildman–Crippen MR) is 147 cm³/mol. The molecule has 0 amide bonds. The van der Waals surface area contributed by atoms with Crippen LogP contribution in [-0.2, 0) is 0 Å². The second-order valence-corrected chi connectivity index (χ2v) is 9.21. The van der Waals surface area contributed by atoms with Gasteiger partial charge in [-0.25, -0.2) is 4.98 Å². The van der Waals surface area contributed by atoms with Crippen molar-refractivity contribution >= 4 is 38.4 Å². The van der Waals surface area contributed by atoms with Gasteiger partial charge in [-0.05, 0) is 53.6 Å². The maximum Gasteiger partial charge on any atom is 0.159 e. The summed E-state index contributed by atoms with van der Waals surface area (Å²) in [4.78, 5) is 12.8. The van der Waals surface area contributed by atoms with Crippen LogP contribution in [0.1, 0.15) is 6.42 Å². The zero-order valence-corrected chi connectivity index (χ0v) is 19.6. The Labute approximate surface area is 207 Å². The lowest BCUT2D eigenvalue weighted by Crippen LogP contribution is -2.13. The van der Waals surface area contributed by atoms with Gasteiger partial charge in [-0.2, -0.15) is 5.10 Å². The van der Waals surface area contributed by atoms with E-state index in [1.54, 1.807) is 0 Å². The first-order valence-corrected chi connectivity index (χ1v) is 12.2. The van der Waals surface area contributed by atoms with Crippen molar-refractivity contribution in [3.63, 3.8) is 0 Å². The van der Waals surface area contributed by atoms with Crippen molar-refractivity contribution in [1.82, 2.24) is 25.1 Å². The normalized spacial score (nSPS) is 15.3. The summed E-state index contributed by atoms with van der Waals surface area (Å²) in [6, 6.07) is 20.8. The van der Waals surface area contributed by atoms with E-state index in [1.165, 1.54) is 5.39 Å². The highest BCUT2D eigenvalue weighted by Crippen LogP contribution is 2.35. The Bertz CT molecular complexity index is 1760. The molecule has 7 rings (SSSR count). The number of aromatic nitrogens is 5. The molecule has 0 fully saturated rings. The summed E-state index contributed by atoms with van der Waals surface area (Å²) in [5.41, 5.74) is 7.01. The quantitative estimate of drug-likeness (QED) is 0.258. The van der Waals surface area contributed by atoms with Crippen LogP contribution < -0.4 is 5.32 Å². The van der Waals surface area contributed by atoms with E-state index in [0.717, 1.165) is 68.6 Å². The van der Waals surface area contributed by atoms with Crippen molar-refractivity contribution in [2.24, 2.45) is 5.92 Å². The summed E-state index contributed by atoms with van der Waals surface area (Å²) in [7, 11) is 0. The van der Waals surface area contributed by atoms with Gasteiger partial charge in [0.1, 0.15) is 5.69 Å². The van der Waals surface area contributed by atoms with Crippen LogP contribution in [0, 0.1) is 5.92 Å². The molecule has 36 heavy (non-hydrogen) atoms. The number of hydrogen-bond acceptors (Lipinski definition) is 4. The molecule has 1 aliphatic rings. The highest BCUT2D eigenvalue weighted by Gasteiger charge is 2.15. The minimum absolute atomic E-state index is 0.501. The number of fused-ring (bicyclic) bond motifs is 3. The second kappa shape index (κ2) is 8.50. The number of pyridine rings is 1. The molecule has 3 aromatic carbocycles. The number of aromatic amines is 2. The van der Waals surface area contributed by atoms with Crippen molar-refractivity contribution in [2.75, 3.05) is 11.9 Å². The lowest BCUT2D eigenvalue weighted by Gasteiger charge is -2.17. The molecule has 1 aliphatic carbocycles. The standard InChI is InChI=1S/C30H24N6/c1-2-7-19(8-3-1)16-32-25-12-6-9-21-23(17-31-18-24(21)25)20-13-14-26-22(15-20)29(36-35-26)30-33-27-10-4-5-11-28(27)34-30/h1-7,9-15,17-19,32H,8,16H2,(H,33,34)(H,35,36). The summed E-state index contributed by atoms with van der Waals surface area (Å²) < 4.78 is 0. The minimum Gasteiger partial charge on any atom is -0.384 e. The average Bonchev–Trinajstić information content (AvgIpc) is 3.56. The molecule has 1 atom stereocenters. The summed E-state index contributed by atoms with van der Waals surface area (Å²) in [5, 5.41) is 14.7. The fraction of sp³-hybridized carbons (Fsp3) is 0.100. The van der Waals surface area contributed by atoms with Crippen molar-refractivity contribution in [3.8, 4) is 22.6 Å². The monoisotopic (exact) mass is 468 g/mol. The number of allylic oxidation sites excluding steroid dienone is 3. The first-order chi connectivity index (χ1) is 17.8. The van der Waals surface area contributed by atoms with Crippen LogP contribution in [0.25, 0.3) is 55.4 Å². The third-order valence-electron chi connectivity index (χ3n) is 6.92. The van der Waals surface area contributed by atoms with Crippen molar-refractivity contribution in [2.45, 2.75) is 6.42 Å². The fourth-order valence-corrected chi connectivity index (χ4v) is 5.03. The minimum atomic E-state index is 0.501. The van der Waals surface area contributed by atoms with Crippen molar-refractivity contribution in [1.29, 1.82) is 0 Å². The molecule has 6 heteroatoms. The van der Waals surface area contributed by atoms with Gasteiger partial charge in [0, 0.05) is 41.0 Å². The third-order valence-corrected chi connectivity index (χ3v) is 6.92. The Kier molecular flexibility index (Phi) is 4.87. The number of imidazole rings is 1. The van der Waals surface area contributed by atoms with Crippen molar-refractivity contribution < 1.29 is 0 Å². The van der Waals surface area contributed by atoms with E-state index in [4.69, 9.17) is 4.98 Å². The van der Waals surface area contributed by atoms with E-state index in [1.807, 2.05) is 36.7 Å². The Morgan fingerprint density at radius 1 is 0.889 bits per heavy atom. The lowest BCUT2D eigenvalue weighted by molar-refractivity contribution is 0.693. The number of nitrogens with zero attached hydrogens (tertiary/aromatic N) is 3. The summed E-state index contributed by atoms with van der Waals surface area (Å²) in [6.07, 6.45) is 13.7. The highest BCUT2D eigenvalue weighted by atomic mass is 15.1. The van der Waals surface area contributed by atoms with Gasteiger partial charge in [0.25, 0.3) is 0 Å². The van der Waals surface area contributed by atoms with E-state index >= 15 is 0 Å². The SMILES string of the molecule is C1=CCC(CNc2cccc3c(-c4ccc5[nH]nc(-c6nc7ccccc7[nH]6)c5c4)cncc23)C=C1. The predicted octanol–water partition coefficient (Wildman–Crippen LogP) is 6.87. The number of anilines is 1. The molecule has 174 valence electrons. The van der Waals surface area contributed by atoms with E-state index in [-0.39, 0.29) is 0 Å². The van der Waals surface area contributed by atoms with Gasteiger partial charge in [-0.3, -0.25) is 10.1 Å². The highest BCUT2D eigenvalue weighted by molar-refractivity contribution is 6.04. The van der Waals surface area contributed by atoms with Crippen LogP contribution in [0.3, 0.4) is 0 Å². The Morgan fingerprint density at radius 3 is 2.78 bits per heavy atom. The Morgan fingerprint density at radius 2 is 1.86 bits per heavy atom. The second-order valence-electron chi connectivity index (χ2n) is 9.21. The molecule has 1 unspecified atom stereocenters. The van der Waals surface area contributed by atoms with Crippen LogP contribution in [0.5, 0.6) is 0 Å². The maximum atomic E-state index is 4.76. The molecule has 0 spiro atoms. The van der Waals surface area contributed by atoms with E-state index in [0.29, 0.717) is 5.92 Å². The van der Waals surface area contributed by atoms with E-state index in [9.17, 15) is 0 Å². The molecule has 6 nitrogen and oxygen atoms in total. The topological polar surface area (TPSA) is 82.3 Å². The number of hydrogen-bond donors (Lipinski definition) is 3. The molecule has 3 aromatic heterocycles. The number of nitrogens with one attached hydrogen (secondary N) is 3. The van der Waals surface area contributed by atoms with Crippen LogP contribution in [0.4, 0.5) is 5.69 Å². The van der Waals surface area contributed by atoms with Gasteiger partial charge in [0.05, 0.1) is 16.6 Å². The molecular weight excluding hydrogens is 444 g/mol. The van der Waals surface area contributed by atoms with Crippen LogP contribution >= 0.6 is 0 Å². The van der Waals surface area contributed by atoms with Crippen LogP contribution in [0.2, 0.25) is 0 Å². The van der Waals surface area contributed by atoms with Gasteiger partial charge in [0.15, 0.2) is 5.82 Å². The van der Waals surface area contributed by atoms with Gasteiger partial charge in [-0.1, -0.05) is 54.6 Å². The van der Waals surface area contributed by atoms with Gasteiger partial charge in [0.2, 0.25) is 0 Å². The summed E-state index contributed by atoms with van der Waals surface area (Å²) in [6.45, 7) is 0.895. The van der Waals surface area contributed by atoms with Gasteiger partial charge < -0.3 is 10.3 Å². The van der Waals surface area contributed by atoms with Crippen molar-refractivity contribution in [3.05, 3.63) is 97.4 Å². The Balaban J connectivity index is 1.29. The molecular formula is C30H24N6. The smallest absolute Gasteiger partial charge is 0.159 e. The molecule has 0 saturated carbocycles. The van der Waals surface area contributed by atoms with Gasteiger partial charge >= 0.3 is 0 Å². The van der Waals surface area contributed by atoms with E-state index < -0.39 is 0 Å². The maximum absolute atomic E-state index is 4.76. The molecule has 6 aromatic rings. The number of benzene rings is 3. The first kappa shape index (κ1) is 20.6. The molecule has 0 radical (unpaired) electrons. The zero-order chi connectivity index (χ0) is 23.9. The third kappa shape index (κ3) is 3.55. The first-order valence-electron chi connectivity index (χ1n) is 12.2. The molecule has 0 saturated heterocycles. The average molecular weight is 469 g/mol. The van der Waals surface area contributed by atoms with Crippen LogP contribution in [0.15, 0.2) is 97.4 Å². The molecule has 0 bridgehead atoms. The summed E-state index contributed by atoms with van der Waals surface area (Å²) >= 11 is 0. The lowest BCUT2D eigenvalue weighted by atomic mass is 9.98. The number of H-pyrrole nitrogens is 2. The fourth-order valence-electron chi connectivity index (χ4n) is 5.03. The summed E-state index contributed by atoms with van der Waals surface area (Å²) in [5.74, 6) is 1.26. The number of para-hydroxylation sites is 2. The molecule has 3 heterocycles. The van der Waals surface area contributed by atoms with Crippen LogP contribution in [-0.4, -0.2) is 31.7 Å². The van der Waals surface area contributed by atoms with E-state index in [2.05, 4.69) is 86.2 Å². The van der Waals surface area contributed by atoms with Gasteiger partial charge in [-0.15, -0.1) is 0 Å². The zero-order valence-electron chi connectivity index (χ0n) is 19.6. The Hall–Kier alpha value is -4.71.